The van der Waals surface area contributed by atoms with Crippen molar-refractivity contribution in [3.63, 3.8) is 0 Å². The van der Waals surface area contributed by atoms with Crippen LogP contribution in [0.25, 0.3) is 0 Å². The highest BCUT2D eigenvalue weighted by atomic mass is 16.5. The summed E-state index contributed by atoms with van der Waals surface area (Å²) in [5, 5.41) is 5.33. The second-order valence-corrected chi connectivity index (χ2v) is 4.41. The molecule has 0 atom stereocenters. The van der Waals surface area contributed by atoms with Crippen LogP contribution in [-0.2, 0) is 14.3 Å². The number of amides is 2. The Morgan fingerprint density at radius 2 is 1.95 bits per heavy atom. The zero-order chi connectivity index (χ0) is 16.4. The van der Waals surface area contributed by atoms with Crippen molar-refractivity contribution in [1.82, 2.24) is 5.32 Å². The summed E-state index contributed by atoms with van der Waals surface area (Å²) >= 11 is 0. The van der Waals surface area contributed by atoms with E-state index in [4.69, 9.17) is 0 Å². The highest BCUT2D eigenvalue weighted by Gasteiger charge is 2.06. The summed E-state index contributed by atoms with van der Waals surface area (Å²) in [4.78, 5) is 34.6. The summed E-state index contributed by atoms with van der Waals surface area (Å²) in [7, 11) is 0. The van der Waals surface area contributed by atoms with E-state index in [2.05, 4.69) is 15.4 Å². The lowest BCUT2D eigenvalue weighted by atomic mass is 10.2. The van der Waals surface area contributed by atoms with Crippen LogP contribution in [0.1, 0.15) is 30.6 Å². The molecule has 0 fully saturated rings. The predicted octanol–water partition coefficient (Wildman–Crippen LogP) is 1.88. The molecule has 1 aromatic rings. The van der Waals surface area contributed by atoms with E-state index >= 15 is 0 Å². The van der Waals surface area contributed by atoms with Gasteiger partial charge in [0, 0.05) is 29.9 Å². The molecule has 0 saturated heterocycles. The quantitative estimate of drug-likeness (QED) is 0.595. The van der Waals surface area contributed by atoms with Crippen LogP contribution in [-0.4, -0.2) is 30.9 Å². The summed E-state index contributed by atoms with van der Waals surface area (Å²) in [5.74, 6) is -1.25. The molecule has 0 bridgehead atoms. The number of nitrogens with one attached hydrogen (secondary N) is 2. The van der Waals surface area contributed by atoms with Gasteiger partial charge in [0.15, 0.2) is 0 Å². The van der Waals surface area contributed by atoms with Crippen LogP contribution in [0.4, 0.5) is 5.69 Å². The maximum absolute atomic E-state index is 11.8. The Bertz CT molecular complexity index is 567. The van der Waals surface area contributed by atoms with E-state index < -0.39 is 11.9 Å². The van der Waals surface area contributed by atoms with Crippen molar-refractivity contribution in [1.29, 1.82) is 0 Å². The van der Waals surface area contributed by atoms with Gasteiger partial charge in [-0.05, 0) is 31.5 Å². The largest absolute Gasteiger partial charge is 0.463 e. The first-order chi connectivity index (χ1) is 10.6. The second kappa shape index (κ2) is 9.33. The molecule has 0 aliphatic carbocycles. The van der Waals surface area contributed by atoms with Crippen molar-refractivity contribution in [2.45, 2.75) is 20.3 Å². The lowest BCUT2D eigenvalue weighted by molar-refractivity contribution is -0.137. The fourth-order valence-electron chi connectivity index (χ4n) is 1.60. The maximum Gasteiger partial charge on any atom is 0.330 e. The van der Waals surface area contributed by atoms with Crippen molar-refractivity contribution in [2.75, 3.05) is 18.5 Å². The number of anilines is 1. The molecule has 0 saturated carbocycles. The highest BCUT2D eigenvalue weighted by molar-refractivity contribution is 6.03. The van der Waals surface area contributed by atoms with Gasteiger partial charge in [0.1, 0.15) is 0 Å². The minimum atomic E-state index is -0.578. The van der Waals surface area contributed by atoms with Crippen LogP contribution >= 0.6 is 0 Å². The summed E-state index contributed by atoms with van der Waals surface area (Å²) in [5.41, 5.74) is 0.934. The van der Waals surface area contributed by atoms with E-state index in [0.29, 0.717) is 17.8 Å². The molecule has 0 radical (unpaired) electrons. The summed E-state index contributed by atoms with van der Waals surface area (Å²) < 4.78 is 4.67. The first-order valence-corrected chi connectivity index (χ1v) is 7.10. The van der Waals surface area contributed by atoms with Gasteiger partial charge in [-0.1, -0.05) is 13.0 Å². The SMILES string of the molecule is CCCNC(=O)c1cccc(NC(=O)/C=C/C(=O)OCC)c1. The molecule has 22 heavy (non-hydrogen) atoms. The van der Waals surface area contributed by atoms with E-state index in [9.17, 15) is 14.4 Å². The molecule has 0 spiro atoms. The lowest BCUT2D eigenvalue weighted by Crippen LogP contribution is -2.24. The molecule has 1 rings (SSSR count). The third-order valence-corrected chi connectivity index (χ3v) is 2.59. The van der Waals surface area contributed by atoms with Crippen molar-refractivity contribution in [3.8, 4) is 0 Å². The molecule has 0 aliphatic rings. The molecule has 0 unspecified atom stereocenters. The highest BCUT2D eigenvalue weighted by Crippen LogP contribution is 2.10. The average Bonchev–Trinajstić information content (AvgIpc) is 2.51. The summed E-state index contributed by atoms with van der Waals surface area (Å²) in [6.07, 6.45) is 2.99. The molecule has 0 aliphatic heterocycles. The minimum absolute atomic E-state index is 0.194. The van der Waals surface area contributed by atoms with Crippen LogP contribution in [0, 0.1) is 0 Å². The van der Waals surface area contributed by atoms with E-state index in [1.54, 1.807) is 31.2 Å². The van der Waals surface area contributed by atoms with E-state index in [0.717, 1.165) is 18.6 Å². The summed E-state index contributed by atoms with van der Waals surface area (Å²) in [6.45, 7) is 4.49. The Morgan fingerprint density at radius 3 is 2.64 bits per heavy atom. The number of esters is 1. The topological polar surface area (TPSA) is 84.5 Å². The Labute approximate surface area is 129 Å². The number of ether oxygens (including phenoxy) is 1. The van der Waals surface area contributed by atoms with Crippen LogP contribution in [0.2, 0.25) is 0 Å². The molecule has 0 heterocycles. The van der Waals surface area contributed by atoms with Crippen molar-refractivity contribution < 1.29 is 19.1 Å². The Hall–Kier alpha value is -2.63. The van der Waals surface area contributed by atoms with E-state index in [1.807, 2.05) is 6.92 Å². The number of rotatable bonds is 7. The average molecular weight is 304 g/mol. The summed E-state index contributed by atoms with van der Waals surface area (Å²) in [6, 6.07) is 6.56. The third kappa shape index (κ3) is 6.21. The van der Waals surface area contributed by atoms with Gasteiger partial charge in [-0.15, -0.1) is 0 Å². The van der Waals surface area contributed by atoms with Gasteiger partial charge in [0.2, 0.25) is 5.91 Å². The van der Waals surface area contributed by atoms with Crippen LogP contribution in [0.5, 0.6) is 0 Å². The predicted molar refractivity (Wildman–Crippen MR) is 83.5 cm³/mol. The zero-order valence-corrected chi connectivity index (χ0v) is 12.7. The smallest absolute Gasteiger partial charge is 0.330 e. The fourth-order valence-corrected chi connectivity index (χ4v) is 1.60. The van der Waals surface area contributed by atoms with Gasteiger partial charge in [0.25, 0.3) is 5.91 Å². The standard InChI is InChI=1S/C16H20N2O4/c1-3-10-17-16(21)12-6-5-7-13(11-12)18-14(19)8-9-15(20)22-4-2/h5-9,11H,3-4,10H2,1-2H3,(H,17,21)(H,18,19)/b9-8+. The van der Waals surface area contributed by atoms with Gasteiger partial charge < -0.3 is 15.4 Å². The fraction of sp³-hybridized carbons (Fsp3) is 0.312. The maximum atomic E-state index is 11.8. The molecular weight excluding hydrogens is 284 g/mol. The molecule has 0 aromatic heterocycles. The van der Waals surface area contributed by atoms with Gasteiger partial charge in [-0.3, -0.25) is 9.59 Å². The third-order valence-electron chi connectivity index (χ3n) is 2.59. The van der Waals surface area contributed by atoms with Gasteiger partial charge in [-0.25, -0.2) is 4.79 Å². The van der Waals surface area contributed by atoms with Crippen LogP contribution in [0.3, 0.4) is 0 Å². The van der Waals surface area contributed by atoms with Crippen molar-refractivity contribution in [2.24, 2.45) is 0 Å². The first-order valence-electron chi connectivity index (χ1n) is 7.10. The van der Waals surface area contributed by atoms with E-state index in [1.165, 1.54) is 0 Å². The molecule has 2 N–H and O–H groups in total. The van der Waals surface area contributed by atoms with Gasteiger partial charge in [-0.2, -0.15) is 0 Å². The molecule has 2 amide bonds. The molecule has 118 valence electrons. The lowest BCUT2D eigenvalue weighted by Gasteiger charge is -2.06. The second-order valence-electron chi connectivity index (χ2n) is 4.41. The van der Waals surface area contributed by atoms with Crippen molar-refractivity contribution in [3.05, 3.63) is 42.0 Å². The van der Waals surface area contributed by atoms with Gasteiger partial charge in [0.05, 0.1) is 6.61 Å². The molecular formula is C16H20N2O4. The van der Waals surface area contributed by atoms with Crippen LogP contribution < -0.4 is 10.6 Å². The Balaban J connectivity index is 2.64. The van der Waals surface area contributed by atoms with Crippen molar-refractivity contribution >= 4 is 23.5 Å². The zero-order valence-electron chi connectivity index (χ0n) is 12.7. The molecule has 6 nitrogen and oxygen atoms in total. The Kier molecular flexibility index (Phi) is 7.39. The first kappa shape index (κ1) is 17.4. The molecule has 1 aromatic carbocycles. The van der Waals surface area contributed by atoms with Gasteiger partial charge >= 0.3 is 5.97 Å². The van der Waals surface area contributed by atoms with Crippen LogP contribution in [0.15, 0.2) is 36.4 Å². The van der Waals surface area contributed by atoms with E-state index in [-0.39, 0.29) is 12.5 Å². The normalized spacial score (nSPS) is 10.3. The molecule has 6 heteroatoms. The number of carbonyl (C=O) groups excluding carboxylic acids is 3. The minimum Gasteiger partial charge on any atom is -0.463 e. The monoisotopic (exact) mass is 304 g/mol. The number of hydrogen-bond acceptors (Lipinski definition) is 4. The Morgan fingerprint density at radius 1 is 1.18 bits per heavy atom. The number of benzene rings is 1. The number of hydrogen-bond donors (Lipinski definition) is 2. The number of carbonyl (C=O) groups is 3.